The summed E-state index contributed by atoms with van der Waals surface area (Å²) in [5, 5.41) is 12.2. The van der Waals surface area contributed by atoms with Crippen molar-refractivity contribution in [2.24, 2.45) is 0 Å². The molecule has 1 aliphatic carbocycles. The molecule has 0 radical (unpaired) electrons. The van der Waals surface area contributed by atoms with Crippen molar-refractivity contribution in [1.82, 2.24) is 5.32 Å². The predicted octanol–water partition coefficient (Wildman–Crippen LogP) is 2.27. The Morgan fingerprint density at radius 2 is 1.94 bits per heavy atom. The topological polar surface area (TPSA) is 32.3 Å². The molecule has 0 aromatic heterocycles. The molecule has 17 heavy (non-hydrogen) atoms. The van der Waals surface area contributed by atoms with Gasteiger partial charge in [0.1, 0.15) is 0 Å². The fourth-order valence-electron chi connectivity index (χ4n) is 1.85. The normalized spacial score (nSPS) is 23.5. The largest absolute Gasteiger partial charge is 0.401 e. The number of hydrogen-bond acceptors (Lipinski definition) is 2. The first-order chi connectivity index (χ1) is 7.97. The quantitative estimate of drug-likeness (QED) is 0.835. The highest BCUT2D eigenvalue weighted by atomic mass is 19.4. The van der Waals surface area contributed by atoms with Gasteiger partial charge in [-0.25, -0.2) is 0 Å². The minimum Gasteiger partial charge on any atom is -0.386 e. The van der Waals surface area contributed by atoms with Gasteiger partial charge >= 0.3 is 6.18 Å². The SMILES string of the molecule is O[C@@H]1c2ccccc2C=C[C@H]1NCC(F)(F)F. The monoisotopic (exact) mass is 243 g/mol. The molecule has 0 bridgehead atoms. The second kappa shape index (κ2) is 4.50. The average Bonchev–Trinajstić information content (AvgIpc) is 2.27. The molecule has 1 aromatic rings. The van der Waals surface area contributed by atoms with E-state index in [1.54, 1.807) is 24.3 Å². The number of alkyl halides is 3. The van der Waals surface area contributed by atoms with Crippen LogP contribution in [0.4, 0.5) is 13.2 Å². The van der Waals surface area contributed by atoms with Crippen LogP contribution in [-0.4, -0.2) is 23.9 Å². The van der Waals surface area contributed by atoms with Gasteiger partial charge in [-0.15, -0.1) is 0 Å². The zero-order valence-electron chi connectivity index (χ0n) is 8.91. The summed E-state index contributed by atoms with van der Waals surface area (Å²) in [5.74, 6) is 0. The third-order valence-corrected chi connectivity index (χ3v) is 2.68. The predicted molar refractivity (Wildman–Crippen MR) is 58.3 cm³/mol. The van der Waals surface area contributed by atoms with E-state index < -0.39 is 24.9 Å². The van der Waals surface area contributed by atoms with Gasteiger partial charge in [-0.2, -0.15) is 13.2 Å². The zero-order chi connectivity index (χ0) is 12.5. The number of nitrogens with one attached hydrogen (secondary N) is 1. The minimum absolute atomic E-state index is 0.648. The van der Waals surface area contributed by atoms with Crippen molar-refractivity contribution in [2.45, 2.75) is 18.3 Å². The maximum atomic E-state index is 12.1. The molecule has 1 aromatic carbocycles. The second-order valence-corrected chi connectivity index (χ2v) is 3.95. The van der Waals surface area contributed by atoms with Crippen LogP contribution in [0.25, 0.3) is 6.08 Å². The molecule has 0 unspecified atom stereocenters. The number of fused-ring (bicyclic) bond motifs is 1. The third kappa shape index (κ3) is 2.87. The maximum Gasteiger partial charge on any atom is 0.401 e. The summed E-state index contributed by atoms with van der Waals surface area (Å²) in [5.41, 5.74) is 1.49. The fraction of sp³-hybridized carbons (Fsp3) is 0.333. The number of benzene rings is 1. The summed E-state index contributed by atoms with van der Waals surface area (Å²) in [7, 11) is 0. The molecule has 5 heteroatoms. The van der Waals surface area contributed by atoms with Crippen molar-refractivity contribution >= 4 is 6.08 Å². The first kappa shape index (κ1) is 12.1. The van der Waals surface area contributed by atoms with Gasteiger partial charge in [-0.3, -0.25) is 5.32 Å². The van der Waals surface area contributed by atoms with Gasteiger partial charge in [0, 0.05) is 0 Å². The molecular formula is C12H12F3NO. The Morgan fingerprint density at radius 1 is 1.24 bits per heavy atom. The smallest absolute Gasteiger partial charge is 0.386 e. The number of halogens is 3. The molecule has 92 valence electrons. The molecule has 0 aliphatic heterocycles. The summed E-state index contributed by atoms with van der Waals surface area (Å²) in [6.45, 7) is -1.11. The van der Waals surface area contributed by atoms with Gasteiger partial charge in [0.15, 0.2) is 0 Å². The van der Waals surface area contributed by atoms with Crippen molar-refractivity contribution in [2.75, 3.05) is 6.54 Å². The van der Waals surface area contributed by atoms with Crippen LogP contribution in [0.1, 0.15) is 17.2 Å². The molecular weight excluding hydrogens is 231 g/mol. The fourth-order valence-corrected chi connectivity index (χ4v) is 1.85. The van der Waals surface area contributed by atoms with Crippen molar-refractivity contribution < 1.29 is 18.3 Å². The van der Waals surface area contributed by atoms with Gasteiger partial charge in [-0.05, 0) is 11.1 Å². The Balaban J connectivity index is 2.10. The molecule has 0 spiro atoms. The van der Waals surface area contributed by atoms with Gasteiger partial charge in [0.2, 0.25) is 0 Å². The highest BCUT2D eigenvalue weighted by Gasteiger charge is 2.31. The van der Waals surface area contributed by atoms with Gasteiger partial charge in [-0.1, -0.05) is 36.4 Å². The van der Waals surface area contributed by atoms with E-state index in [0.717, 1.165) is 5.56 Å². The molecule has 0 saturated heterocycles. The van der Waals surface area contributed by atoms with Crippen LogP contribution in [0, 0.1) is 0 Å². The van der Waals surface area contributed by atoms with Crippen LogP contribution in [0.5, 0.6) is 0 Å². The van der Waals surface area contributed by atoms with Crippen molar-refractivity contribution in [3.63, 3.8) is 0 Å². The van der Waals surface area contributed by atoms with E-state index in [1.165, 1.54) is 0 Å². The van der Waals surface area contributed by atoms with Gasteiger partial charge in [0.05, 0.1) is 18.7 Å². The van der Waals surface area contributed by atoms with Crippen LogP contribution in [0.3, 0.4) is 0 Å². The molecule has 0 heterocycles. The minimum atomic E-state index is -4.27. The van der Waals surface area contributed by atoms with Crippen molar-refractivity contribution in [3.8, 4) is 0 Å². The molecule has 2 rings (SSSR count). The highest BCUT2D eigenvalue weighted by molar-refractivity contribution is 5.58. The van der Waals surface area contributed by atoms with E-state index in [0.29, 0.717) is 5.56 Å². The lowest BCUT2D eigenvalue weighted by molar-refractivity contribution is -0.126. The summed E-state index contributed by atoms with van der Waals surface area (Å²) in [6.07, 6.45) is -1.95. The Morgan fingerprint density at radius 3 is 2.65 bits per heavy atom. The lowest BCUT2D eigenvalue weighted by Crippen LogP contribution is -2.40. The van der Waals surface area contributed by atoms with Crippen molar-refractivity contribution in [1.29, 1.82) is 0 Å². The van der Waals surface area contributed by atoms with Crippen LogP contribution in [0.2, 0.25) is 0 Å². The van der Waals surface area contributed by atoms with E-state index >= 15 is 0 Å². The third-order valence-electron chi connectivity index (χ3n) is 2.68. The van der Waals surface area contributed by atoms with Gasteiger partial charge < -0.3 is 5.11 Å². The van der Waals surface area contributed by atoms with Crippen molar-refractivity contribution in [3.05, 3.63) is 41.5 Å². The average molecular weight is 243 g/mol. The number of aliphatic hydroxyl groups excluding tert-OH is 1. The van der Waals surface area contributed by atoms with Crippen LogP contribution >= 0.6 is 0 Å². The van der Waals surface area contributed by atoms with E-state index in [2.05, 4.69) is 5.32 Å². The Kier molecular flexibility index (Phi) is 3.22. The van der Waals surface area contributed by atoms with E-state index in [9.17, 15) is 18.3 Å². The lowest BCUT2D eigenvalue weighted by Gasteiger charge is -2.27. The molecule has 1 aliphatic rings. The summed E-state index contributed by atoms with van der Waals surface area (Å²) in [4.78, 5) is 0. The van der Waals surface area contributed by atoms with E-state index in [-0.39, 0.29) is 0 Å². The Bertz CT molecular complexity index is 428. The van der Waals surface area contributed by atoms with Gasteiger partial charge in [0.25, 0.3) is 0 Å². The number of hydrogen-bond donors (Lipinski definition) is 2. The molecule has 2 N–H and O–H groups in total. The molecule has 0 fully saturated rings. The molecule has 2 atom stereocenters. The first-order valence-electron chi connectivity index (χ1n) is 5.23. The lowest BCUT2D eigenvalue weighted by atomic mass is 9.91. The summed E-state index contributed by atoms with van der Waals surface area (Å²) in [6, 6.07) is 6.40. The van der Waals surface area contributed by atoms with E-state index in [1.807, 2.05) is 12.1 Å². The number of aliphatic hydroxyl groups is 1. The second-order valence-electron chi connectivity index (χ2n) is 3.95. The summed E-state index contributed by atoms with van der Waals surface area (Å²) >= 11 is 0. The standard InChI is InChI=1S/C12H12F3NO/c13-12(14,15)7-16-10-6-5-8-3-1-2-4-9(8)11(10)17/h1-6,10-11,16-17H,7H2/t10-,11-/m1/s1. The van der Waals surface area contributed by atoms with Crippen LogP contribution < -0.4 is 5.32 Å². The Labute approximate surface area is 96.8 Å². The zero-order valence-corrected chi connectivity index (χ0v) is 8.91. The summed E-state index contributed by atoms with van der Waals surface area (Å²) < 4.78 is 36.2. The number of rotatable bonds is 2. The molecule has 0 amide bonds. The molecule has 0 saturated carbocycles. The Hall–Kier alpha value is -1.33. The maximum absolute atomic E-state index is 12.1. The first-order valence-corrected chi connectivity index (χ1v) is 5.23. The van der Waals surface area contributed by atoms with Crippen LogP contribution in [0.15, 0.2) is 30.3 Å². The highest BCUT2D eigenvalue weighted by Crippen LogP contribution is 2.28. The van der Waals surface area contributed by atoms with E-state index in [4.69, 9.17) is 0 Å². The molecule has 2 nitrogen and oxygen atoms in total. The van der Waals surface area contributed by atoms with Crippen LogP contribution in [-0.2, 0) is 0 Å².